The molecule has 0 saturated heterocycles. The quantitative estimate of drug-likeness (QED) is 0.555. The van der Waals surface area contributed by atoms with Crippen LogP contribution in [0.1, 0.15) is 31.9 Å². The summed E-state index contributed by atoms with van der Waals surface area (Å²) in [5, 5.41) is 0. The van der Waals surface area contributed by atoms with Crippen LogP contribution < -0.4 is 0 Å². The molecular weight excluding hydrogens is 334 g/mol. The van der Waals surface area contributed by atoms with Gasteiger partial charge in [-0.2, -0.15) is 0 Å². The van der Waals surface area contributed by atoms with Crippen LogP contribution in [-0.2, 0) is 22.4 Å². The predicted octanol–water partition coefficient (Wildman–Crippen LogP) is 3.79. The molecule has 0 bridgehead atoms. The maximum Gasteiger partial charge on any atom is 0.104 e. The zero-order valence-corrected chi connectivity index (χ0v) is 16.2. The molecule has 25 heavy (non-hydrogen) atoms. The zero-order chi connectivity index (χ0) is 18.8. The van der Waals surface area contributed by atoms with Gasteiger partial charge in [0.05, 0.1) is 35.5 Å². The van der Waals surface area contributed by atoms with Crippen LogP contribution in [0.4, 0.5) is 0 Å². The Morgan fingerprint density at radius 2 is 1.16 bits per heavy atom. The van der Waals surface area contributed by atoms with E-state index in [4.69, 9.17) is 0 Å². The highest BCUT2D eigenvalue weighted by atomic mass is 32.2. The van der Waals surface area contributed by atoms with E-state index in [9.17, 15) is 13.0 Å². The predicted molar refractivity (Wildman–Crippen MR) is 102 cm³/mol. The van der Waals surface area contributed by atoms with Gasteiger partial charge in [-0.1, -0.05) is 60.7 Å². The van der Waals surface area contributed by atoms with E-state index in [0.29, 0.717) is 5.56 Å². The van der Waals surface area contributed by atoms with Gasteiger partial charge in [0.15, 0.2) is 0 Å². The normalized spacial score (nSPS) is 11.5. The van der Waals surface area contributed by atoms with Crippen LogP contribution in [0.3, 0.4) is 0 Å². The highest BCUT2D eigenvalue weighted by Crippen LogP contribution is 2.13. The minimum absolute atomic E-state index is 0.423. The van der Waals surface area contributed by atoms with Crippen molar-refractivity contribution >= 4 is 10.1 Å². The fourth-order valence-electron chi connectivity index (χ4n) is 2.76. The maximum atomic E-state index is 10.2. The molecule has 0 aliphatic rings. The van der Waals surface area contributed by atoms with Crippen molar-refractivity contribution in [3.8, 4) is 0 Å². The summed E-state index contributed by atoms with van der Waals surface area (Å²) in [6.45, 7) is 11.7. The summed E-state index contributed by atoms with van der Waals surface area (Å²) in [5.74, 6) is -0.423. The molecule has 0 N–H and O–H groups in total. The Balaban J connectivity index is 0.000000257. The van der Waals surface area contributed by atoms with Gasteiger partial charge in [-0.05, 0) is 26.3 Å². The van der Waals surface area contributed by atoms with Crippen LogP contribution in [0.5, 0.6) is 0 Å². The van der Waals surface area contributed by atoms with E-state index in [2.05, 4.69) is 51.1 Å². The monoisotopic (exact) mass is 363 g/mol. The summed E-state index contributed by atoms with van der Waals surface area (Å²) in [7, 11) is -4.13. The van der Waals surface area contributed by atoms with E-state index in [1.807, 2.05) is 0 Å². The molecule has 0 saturated carbocycles. The molecule has 0 unspecified atom stereocenters. The molecule has 0 aliphatic heterocycles. The van der Waals surface area contributed by atoms with E-state index < -0.39 is 15.9 Å². The van der Waals surface area contributed by atoms with Crippen LogP contribution >= 0.6 is 0 Å². The third kappa shape index (κ3) is 8.29. The van der Waals surface area contributed by atoms with E-state index >= 15 is 0 Å². The van der Waals surface area contributed by atoms with Gasteiger partial charge < -0.3 is 9.04 Å². The molecule has 0 fully saturated rings. The van der Waals surface area contributed by atoms with E-state index in [1.165, 1.54) is 36.2 Å². The number of hydrogen-bond acceptors (Lipinski definition) is 3. The van der Waals surface area contributed by atoms with Crippen molar-refractivity contribution in [2.45, 2.75) is 33.1 Å². The van der Waals surface area contributed by atoms with Gasteiger partial charge in [-0.3, -0.25) is 0 Å². The minimum atomic E-state index is -4.13. The fraction of sp³-hybridized carbons (Fsp3) is 0.400. The molecule has 0 aliphatic carbocycles. The van der Waals surface area contributed by atoms with Crippen molar-refractivity contribution in [2.75, 3.05) is 19.6 Å². The number of rotatable bonds is 7. The molecule has 0 radical (unpaired) electrons. The second-order valence-electron chi connectivity index (χ2n) is 6.12. The first-order valence-electron chi connectivity index (χ1n) is 8.70. The Hall–Kier alpha value is -1.69. The molecule has 138 valence electrons. The Morgan fingerprint density at radius 3 is 1.52 bits per heavy atom. The van der Waals surface area contributed by atoms with E-state index in [1.54, 1.807) is 30.3 Å². The Morgan fingerprint density at radius 1 is 0.760 bits per heavy atom. The first kappa shape index (κ1) is 21.4. The molecule has 0 spiro atoms. The third-order valence-electron chi connectivity index (χ3n) is 4.56. The smallest absolute Gasteiger partial charge is 0.104 e. The van der Waals surface area contributed by atoms with Gasteiger partial charge in [0.25, 0.3) is 0 Å². The van der Waals surface area contributed by atoms with Gasteiger partial charge in [-0.15, -0.1) is 0 Å². The Bertz CT molecular complexity index is 688. The lowest BCUT2D eigenvalue weighted by atomic mass is 10.2. The van der Waals surface area contributed by atoms with Crippen molar-refractivity contribution in [3.63, 3.8) is 0 Å². The molecule has 5 heteroatoms. The molecule has 2 aromatic rings. The molecular formula is C20H29NO3S. The zero-order valence-electron chi connectivity index (χ0n) is 15.4. The second-order valence-corrected chi connectivity index (χ2v) is 7.53. The Labute approximate surface area is 152 Å². The van der Waals surface area contributed by atoms with Crippen LogP contribution in [0.2, 0.25) is 0 Å². The van der Waals surface area contributed by atoms with Gasteiger partial charge in [0.2, 0.25) is 0 Å². The molecule has 0 aromatic heterocycles. The summed E-state index contributed by atoms with van der Waals surface area (Å²) in [6.07, 6.45) is 0. The van der Waals surface area contributed by atoms with Crippen molar-refractivity contribution < 1.29 is 17.5 Å². The lowest BCUT2D eigenvalue weighted by Crippen LogP contribution is -2.46. The van der Waals surface area contributed by atoms with E-state index in [-0.39, 0.29) is 0 Å². The topological polar surface area (TPSA) is 57.2 Å². The lowest BCUT2D eigenvalue weighted by molar-refractivity contribution is -0.936. The largest absolute Gasteiger partial charge is 0.748 e. The third-order valence-corrected chi connectivity index (χ3v) is 5.25. The average Bonchev–Trinajstić information content (AvgIpc) is 2.61. The van der Waals surface area contributed by atoms with Crippen molar-refractivity contribution in [3.05, 3.63) is 71.8 Å². The first-order chi connectivity index (χ1) is 11.8. The highest BCUT2D eigenvalue weighted by molar-refractivity contribution is 7.84. The van der Waals surface area contributed by atoms with Gasteiger partial charge in [0.1, 0.15) is 6.54 Å². The number of hydrogen-bond donors (Lipinski definition) is 0. The Kier molecular flexibility index (Phi) is 8.83. The van der Waals surface area contributed by atoms with Crippen molar-refractivity contribution in [1.82, 2.24) is 0 Å². The number of nitrogens with zero attached hydrogens (tertiary/aromatic N) is 1. The second kappa shape index (κ2) is 10.3. The average molecular weight is 364 g/mol. The number of benzene rings is 2. The molecule has 0 amide bonds. The van der Waals surface area contributed by atoms with Crippen LogP contribution in [0.25, 0.3) is 0 Å². The van der Waals surface area contributed by atoms with E-state index in [0.717, 1.165) is 0 Å². The van der Waals surface area contributed by atoms with Crippen LogP contribution in [0.15, 0.2) is 60.7 Å². The van der Waals surface area contributed by atoms with Crippen LogP contribution in [-0.4, -0.2) is 37.1 Å². The number of quaternary nitrogens is 1. The highest BCUT2D eigenvalue weighted by Gasteiger charge is 2.20. The molecule has 2 rings (SSSR count). The summed E-state index contributed by atoms with van der Waals surface area (Å²) in [4.78, 5) is 0. The summed E-state index contributed by atoms with van der Waals surface area (Å²) >= 11 is 0. The summed E-state index contributed by atoms with van der Waals surface area (Å²) in [6, 6.07) is 19.2. The molecule has 2 aromatic carbocycles. The lowest BCUT2D eigenvalue weighted by Gasteiger charge is -2.35. The summed E-state index contributed by atoms with van der Waals surface area (Å²) < 4.78 is 31.9. The van der Waals surface area contributed by atoms with Crippen molar-refractivity contribution in [2.24, 2.45) is 0 Å². The first-order valence-corrected chi connectivity index (χ1v) is 10.3. The van der Waals surface area contributed by atoms with Crippen molar-refractivity contribution in [1.29, 1.82) is 0 Å². The molecule has 0 atom stereocenters. The fourth-order valence-corrected chi connectivity index (χ4v) is 3.36. The van der Waals surface area contributed by atoms with Gasteiger partial charge >= 0.3 is 0 Å². The molecule has 4 nitrogen and oxygen atoms in total. The maximum absolute atomic E-state index is 10.2. The standard InChI is InChI=1S/C13H22N.C7H8O3S/c1-4-14(5-2,6-3)12-13-10-8-7-9-11-13;8-11(9,10)6-7-4-2-1-3-5-7/h7-11H,4-6,12H2,1-3H3;1-5H,6H2,(H,8,9,10)/q+1;/p-1. The molecule has 0 heterocycles. The SMILES string of the molecule is CC[N+](CC)(CC)Cc1ccccc1.O=S(=O)([O-])Cc1ccccc1. The van der Waals surface area contributed by atoms with Gasteiger partial charge in [0, 0.05) is 5.56 Å². The summed E-state index contributed by atoms with van der Waals surface area (Å²) in [5.41, 5.74) is 1.99. The van der Waals surface area contributed by atoms with Gasteiger partial charge in [-0.25, -0.2) is 8.42 Å². The minimum Gasteiger partial charge on any atom is -0.748 e. The van der Waals surface area contributed by atoms with Crippen LogP contribution in [0, 0.1) is 0 Å².